The quantitative estimate of drug-likeness (QED) is 0.863. The van der Waals surface area contributed by atoms with Gasteiger partial charge in [-0.15, -0.1) is 0 Å². The number of aliphatic hydroxyl groups is 1. The van der Waals surface area contributed by atoms with Gasteiger partial charge in [-0.3, -0.25) is 9.59 Å². The maximum absolute atomic E-state index is 12.7. The van der Waals surface area contributed by atoms with Gasteiger partial charge in [0.2, 0.25) is 0 Å². The van der Waals surface area contributed by atoms with E-state index in [-0.39, 0.29) is 17.9 Å². The minimum atomic E-state index is -0.278. The number of anilines is 2. The number of piperidine rings is 1. The molecule has 1 N–H and O–H groups in total. The zero-order chi connectivity index (χ0) is 16.7. The molecule has 2 aliphatic heterocycles. The molecule has 5 nitrogen and oxygen atoms in total. The van der Waals surface area contributed by atoms with E-state index in [1.165, 1.54) is 4.90 Å². The Morgan fingerprint density at radius 1 is 0.792 bits per heavy atom. The third kappa shape index (κ3) is 2.29. The van der Waals surface area contributed by atoms with Gasteiger partial charge in [0.05, 0.1) is 28.6 Å². The summed E-state index contributed by atoms with van der Waals surface area (Å²) in [6.07, 6.45) is 1.11. The van der Waals surface area contributed by atoms with Gasteiger partial charge in [-0.2, -0.15) is 0 Å². The van der Waals surface area contributed by atoms with Gasteiger partial charge >= 0.3 is 0 Å². The van der Waals surface area contributed by atoms with E-state index in [2.05, 4.69) is 4.90 Å². The van der Waals surface area contributed by atoms with Crippen molar-refractivity contribution in [1.29, 1.82) is 0 Å². The van der Waals surface area contributed by atoms with Crippen LogP contribution in [-0.2, 0) is 0 Å². The van der Waals surface area contributed by atoms with Crippen LogP contribution in [0, 0.1) is 0 Å². The Morgan fingerprint density at radius 3 is 1.88 bits per heavy atom. The van der Waals surface area contributed by atoms with Gasteiger partial charge in [0.1, 0.15) is 0 Å². The predicted molar refractivity (Wildman–Crippen MR) is 91.5 cm³/mol. The molecule has 4 rings (SSSR count). The zero-order valence-electron chi connectivity index (χ0n) is 13.2. The molecule has 2 heterocycles. The zero-order valence-corrected chi connectivity index (χ0v) is 13.2. The fourth-order valence-corrected chi connectivity index (χ4v) is 3.44. The Hall–Kier alpha value is -2.66. The number of carbonyl (C=O) groups excluding carboxylic acids is 2. The highest BCUT2D eigenvalue weighted by Gasteiger charge is 2.38. The number of rotatable bonds is 2. The highest BCUT2D eigenvalue weighted by atomic mass is 16.3. The van der Waals surface area contributed by atoms with E-state index in [9.17, 15) is 14.7 Å². The third-order valence-electron chi connectivity index (χ3n) is 4.72. The average molecular weight is 322 g/mol. The Morgan fingerprint density at radius 2 is 1.29 bits per heavy atom. The van der Waals surface area contributed by atoms with Crippen LogP contribution in [0.4, 0.5) is 11.4 Å². The molecule has 122 valence electrons. The first-order valence-electron chi connectivity index (χ1n) is 8.16. The molecular weight excluding hydrogens is 304 g/mol. The summed E-state index contributed by atoms with van der Waals surface area (Å²) < 4.78 is 0. The molecule has 2 amide bonds. The highest BCUT2D eigenvalue weighted by molar-refractivity contribution is 6.35. The van der Waals surface area contributed by atoms with E-state index in [0.717, 1.165) is 5.69 Å². The third-order valence-corrected chi connectivity index (χ3v) is 4.72. The van der Waals surface area contributed by atoms with E-state index in [4.69, 9.17) is 0 Å². The van der Waals surface area contributed by atoms with Gasteiger partial charge in [0, 0.05) is 13.1 Å². The molecule has 0 aliphatic carbocycles. The number of para-hydroxylation sites is 2. The van der Waals surface area contributed by atoms with Crippen molar-refractivity contribution in [1.82, 2.24) is 0 Å². The first-order chi connectivity index (χ1) is 11.7. The van der Waals surface area contributed by atoms with Crippen LogP contribution in [0.1, 0.15) is 33.6 Å². The molecule has 2 aliphatic rings. The predicted octanol–water partition coefficient (Wildman–Crippen LogP) is 2.45. The molecule has 5 heteroatoms. The smallest absolute Gasteiger partial charge is 0.266 e. The summed E-state index contributed by atoms with van der Waals surface area (Å²) >= 11 is 0. The molecule has 2 aromatic rings. The summed E-state index contributed by atoms with van der Waals surface area (Å²) in [5, 5.41) is 9.71. The molecule has 0 aromatic heterocycles. The molecule has 1 saturated heterocycles. The van der Waals surface area contributed by atoms with E-state index in [1.807, 2.05) is 24.3 Å². The lowest BCUT2D eigenvalue weighted by Gasteiger charge is -2.33. The second-order valence-electron chi connectivity index (χ2n) is 6.20. The second kappa shape index (κ2) is 5.76. The monoisotopic (exact) mass is 322 g/mol. The van der Waals surface area contributed by atoms with Gasteiger partial charge in [-0.1, -0.05) is 24.3 Å². The summed E-state index contributed by atoms with van der Waals surface area (Å²) in [5.41, 5.74) is 2.37. The molecule has 0 radical (unpaired) electrons. The lowest BCUT2D eigenvalue weighted by molar-refractivity contribution is 0.0926. The first-order valence-corrected chi connectivity index (χ1v) is 8.16. The number of hydrogen-bond acceptors (Lipinski definition) is 4. The number of hydrogen-bond donors (Lipinski definition) is 1. The van der Waals surface area contributed by atoms with E-state index < -0.39 is 0 Å². The molecule has 0 bridgehead atoms. The Bertz CT molecular complexity index is 775. The second-order valence-corrected chi connectivity index (χ2v) is 6.20. The summed E-state index contributed by atoms with van der Waals surface area (Å²) in [6, 6.07) is 14.4. The van der Waals surface area contributed by atoms with Gasteiger partial charge < -0.3 is 10.0 Å². The standard InChI is InChI=1S/C19H18N2O3/c22-13-9-11-20(12-10-13)16-7-3-4-8-17(16)21-18(23)14-5-1-2-6-15(14)19(21)24/h1-8,13,22H,9-12H2. The van der Waals surface area contributed by atoms with Crippen LogP contribution in [-0.4, -0.2) is 36.1 Å². The number of imide groups is 1. The van der Waals surface area contributed by atoms with Gasteiger partial charge in [0.15, 0.2) is 0 Å². The number of aliphatic hydroxyl groups excluding tert-OH is 1. The Balaban J connectivity index is 1.74. The molecule has 0 unspecified atom stereocenters. The van der Waals surface area contributed by atoms with Crippen LogP contribution in [0.15, 0.2) is 48.5 Å². The molecule has 1 fully saturated rings. The Labute approximate surface area is 140 Å². The fourth-order valence-electron chi connectivity index (χ4n) is 3.44. The largest absolute Gasteiger partial charge is 0.393 e. The van der Waals surface area contributed by atoms with Crippen molar-refractivity contribution in [2.45, 2.75) is 18.9 Å². The lowest BCUT2D eigenvalue weighted by atomic mass is 10.1. The Kier molecular flexibility index (Phi) is 3.58. The van der Waals surface area contributed by atoms with Crippen molar-refractivity contribution in [3.63, 3.8) is 0 Å². The van der Waals surface area contributed by atoms with Crippen LogP contribution in [0.5, 0.6) is 0 Å². The average Bonchev–Trinajstić information content (AvgIpc) is 2.87. The summed E-state index contributed by atoms with van der Waals surface area (Å²) in [4.78, 5) is 28.9. The molecular formula is C19H18N2O3. The van der Waals surface area contributed by atoms with Crippen molar-refractivity contribution < 1.29 is 14.7 Å². The van der Waals surface area contributed by atoms with Gasteiger partial charge in [-0.05, 0) is 37.1 Å². The van der Waals surface area contributed by atoms with E-state index in [1.54, 1.807) is 24.3 Å². The van der Waals surface area contributed by atoms with E-state index >= 15 is 0 Å². The first kappa shape index (κ1) is 14.9. The number of nitrogens with zero attached hydrogens (tertiary/aromatic N) is 2. The minimum Gasteiger partial charge on any atom is -0.393 e. The summed E-state index contributed by atoms with van der Waals surface area (Å²) in [7, 11) is 0. The normalized spacial score (nSPS) is 18.2. The lowest BCUT2D eigenvalue weighted by Crippen LogP contribution is -2.38. The van der Waals surface area contributed by atoms with Crippen LogP contribution in [0.25, 0.3) is 0 Å². The van der Waals surface area contributed by atoms with Crippen LogP contribution in [0.3, 0.4) is 0 Å². The number of carbonyl (C=O) groups is 2. The van der Waals surface area contributed by atoms with Gasteiger partial charge in [0.25, 0.3) is 11.8 Å². The molecule has 24 heavy (non-hydrogen) atoms. The maximum Gasteiger partial charge on any atom is 0.266 e. The molecule has 2 aromatic carbocycles. The van der Waals surface area contributed by atoms with Crippen molar-refractivity contribution in [3.8, 4) is 0 Å². The number of amides is 2. The SMILES string of the molecule is O=C1c2ccccc2C(=O)N1c1ccccc1N1CCC(O)CC1. The maximum atomic E-state index is 12.7. The van der Waals surface area contributed by atoms with Crippen molar-refractivity contribution in [2.75, 3.05) is 22.9 Å². The summed E-state index contributed by atoms with van der Waals surface area (Å²) in [6.45, 7) is 1.42. The topological polar surface area (TPSA) is 60.9 Å². The van der Waals surface area contributed by atoms with Gasteiger partial charge in [-0.25, -0.2) is 4.90 Å². The number of fused-ring (bicyclic) bond motifs is 1. The molecule has 0 spiro atoms. The van der Waals surface area contributed by atoms with E-state index in [0.29, 0.717) is 42.7 Å². The minimum absolute atomic E-state index is 0.271. The van der Waals surface area contributed by atoms with Crippen molar-refractivity contribution in [2.24, 2.45) is 0 Å². The van der Waals surface area contributed by atoms with Crippen LogP contribution in [0.2, 0.25) is 0 Å². The highest BCUT2D eigenvalue weighted by Crippen LogP contribution is 2.36. The fraction of sp³-hybridized carbons (Fsp3) is 0.263. The van der Waals surface area contributed by atoms with Crippen molar-refractivity contribution in [3.05, 3.63) is 59.7 Å². The van der Waals surface area contributed by atoms with Crippen molar-refractivity contribution >= 4 is 23.2 Å². The molecule has 0 atom stereocenters. The molecule has 0 saturated carbocycles. The van der Waals surface area contributed by atoms with Crippen LogP contribution >= 0.6 is 0 Å². The van der Waals surface area contributed by atoms with Crippen LogP contribution < -0.4 is 9.80 Å². The summed E-state index contributed by atoms with van der Waals surface area (Å²) in [5.74, 6) is -0.555. The number of benzene rings is 2.